The molecule has 0 aliphatic carbocycles. The largest absolute Gasteiger partial charge is 0.358 e. The van der Waals surface area contributed by atoms with Crippen molar-refractivity contribution in [3.63, 3.8) is 0 Å². The first-order chi connectivity index (χ1) is 12.0. The Balaban J connectivity index is 2.04. The molecule has 0 bridgehead atoms. The van der Waals surface area contributed by atoms with E-state index >= 15 is 0 Å². The molecule has 2 aromatic rings. The summed E-state index contributed by atoms with van der Waals surface area (Å²) in [6.07, 6.45) is 0.892. The molecule has 0 aliphatic heterocycles. The van der Waals surface area contributed by atoms with E-state index in [1.807, 2.05) is 43.0 Å². The zero-order valence-electron chi connectivity index (χ0n) is 15.2. The van der Waals surface area contributed by atoms with Crippen LogP contribution in [0.5, 0.6) is 0 Å². The lowest BCUT2D eigenvalue weighted by Gasteiger charge is -2.22. The van der Waals surface area contributed by atoms with Gasteiger partial charge in [0.25, 0.3) is 0 Å². The molecule has 0 aromatic heterocycles. The lowest BCUT2D eigenvalue weighted by molar-refractivity contribution is -0.125. The fraction of sp³-hybridized carbons (Fsp3) is 0.400. The number of carbonyl (C=O) groups excluding carboxylic acids is 2. The van der Waals surface area contributed by atoms with E-state index in [-0.39, 0.29) is 30.9 Å². The van der Waals surface area contributed by atoms with Gasteiger partial charge in [-0.3, -0.25) is 14.5 Å². The average Bonchev–Trinajstić information content (AvgIpc) is 2.61. The lowest BCUT2D eigenvalue weighted by Crippen LogP contribution is -2.43. The van der Waals surface area contributed by atoms with Gasteiger partial charge in [-0.15, -0.1) is 0 Å². The Labute approximate surface area is 149 Å². The summed E-state index contributed by atoms with van der Waals surface area (Å²) in [4.78, 5) is 25.9. The zero-order valence-corrected chi connectivity index (χ0v) is 15.2. The van der Waals surface area contributed by atoms with Gasteiger partial charge in [-0.25, -0.2) is 0 Å². The van der Waals surface area contributed by atoms with Crippen LogP contribution in [0.3, 0.4) is 0 Å². The molecule has 0 spiro atoms. The highest BCUT2D eigenvalue weighted by molar-refractivity contribution is 5.87. The minimum Gasteiger partial charge on any atom is -0.358 e. The zero-order chi connectivity index (χ0) is 18.2. The number of nitrogens with one attached hydrogen (secondary N) is 2. The highest BCUT2D eigenvalue weighted by Crippen LogP contribution is 2.23. The molecule has 0 fully saturated rings. The summed E-state index contributed by atoms with van der Waals surface area (Å²) in [7, 11) is 1.61. The van der Waals surface area contributed by atoms with Crippen LogP contribution in [0.1, 0.15) is 31.9 Å². The normalized spacial score (nSPS) is 12.2. The van der Waals surface area contributed by atoms with E-state index in [1.165, 1.54) is 0 Å². The van der Waals surface area contributed by atoms with Crippen LogP contribution < -0.4 is 10.6 Å². The van der Waals surface area contributed by atoms with E-state index in [1.54, 1.807) is 7.05 Å². The second-order valence-corrected chi connectivity index (χ2v) is 6.24. The third kappa shape index (κ3) is 5.29. The Morgan fingerprint density at radius 1 is 1.04 bits per heavy atom. The monoisotopic (exact) mass is 341 g/mol. The van der Waals surface area contributed by atoms with E-state index in [0.29, 0.717) is 6.54 Å². The van der Waals surface area contributed by atoms with Gasteiger partial charge in [-0.2, -0.15) is 0 Å². The molecule has 2 N–H and O–H groups in total. The second kappa shape index (κ2) is 9.18. The molecule has 0 saturated carbocycles. The number of amides is 2. The topological polar surface area (TPSA) is 61.4 Å². The van der Waals surface area contributed by atoms with Gasteiger partial charge in [0.15, 0.2) is 0 Å². The number of nitrogens with zero attached hydrogens (tertiary/aromatic N) is 1. The Morgan fingerprint density at radius 2 is 1.72 bits per heavy atom. The maximum Gasteiger partial charge on any atom is 0.234 e. The van der Waals surface area contributed by atoms with Crippen LogP contribution in [0.2, 0.25) is 0 Å². The molecular weight excluding hydrogens is 314 g/mol. The quantitative estimate of drug-likeness (QED) is 0.775. The number of carbonyl (C=O) groups is 2. The van der Waals surface area contributed by atoms with Crippen LogP contribution in [-0.2, 0) is 9.59 Å². The van der Waals surface area contributed by atoms with Gasteiger partial charge >= 0.3 is 0 Å². The molecule has 1 unspecified atom stereocenters. The summed E-state index contributed by atoms with van der Waals surface area (Å²) < 4.78 is 0. The number of rotatable bonds is 8. The first-order valence-corrected chi connectivity index (χ1v) is 8.75. The fourth-order valence-electron chi connectivity index (χ4n) is 3.01. The number of fused-ring (bicyclic) bond motifs is 1. The molecule has 25 heavy (non-hydrogen) atoms. The second-order valence-electron chi connectivity index (χ2n) is 6.24. The van der Waals surface area contributed by atoms with Crippen LogP contribution in [0.25, 0.3) is 10.8 Å². The van der Waals surface area contributed by atoms with E-state index in [9.17, 15) is 9.59 Å². The number of hydrogen-bond acceptors (Lipinski definition) is 3. The van der Waals surface area contributed by atoms with Gasteiger partial charge in [0.05, 0.1) is 19.1 Å². The molecule has 2 rings (SSSR count). The lowest BCUT2D eigenvalue weighted by atomic mass is 10.00. The van der Waals surface area contributed by atoms with Crippen molar-refractivity contribution in [2.24, 2.45) is 0 Å². The summed E-state index contributed by atoms with van der Waals surface area (Å²) in [5.74, 6) is -0.152. The van der Waals surface area contributed by atoms with Gasteiger partial charge < -0.3 is 10.6 Å². The Bertz CT molecular complexity index is 724. The van der Waals surface area contributed by atoms with Gasteiger partial charge in [-0.1, -0.05) is 49.4 Å². The molecule has 5 heteroatoms. The molecule has 5 nitrogen and oxygen atoms in total. The van der Waals surface area contributed by atoms with Crippen molar-refractivity contribution in [3.05, 3.63) is 48.0 Å². The Kier molecular flexibility index (Phi) is 6.95. The molecule has 0 heterocycles. The molecular formula is C20H27N3O2. The number of hydrogen-bond donors (Lipinski definition) is 2. The summed E-state index contributed by atoms with van der Waals surface area (Å²) >= 11 is 0. The van der Waals surface area contributed by atoms with Crippen molar-refractivity contribution in [1.82, 2.24) is 15.5 Å². The smallest absolute Gasteiger partial charge is 0.234 e. The Morgan fingerprint density at radius 3 is 2.44 bits per heavy atom. The summed E-state index contributed by atoms with van der Waals surface area (Å²) in [5.41, 5.74) is 1.10. The van der Waals surface area contributed by atoms with Crippen molar-refractivity contribution in [2.75, 3.05) is 26.7 Å². The molecule has 0 aliphatic rings. The van der Waals surface area contributed by atoms with Crippen molar-refractivity contribution in [1.29, 1.82) is 0 Å². The van der Waals surface area contributed by atoms with Crippen LogP contribution in [0, 0.1) is 0 Å². The molecule has 1 atom stereocenters. The third-order valence-electron chi connectivity index (χ3n) is 4.22. The fourth-order valence-corrected chi connectivity index (χ4v) is 3.01. The average molecular weight is 341 g/mol. The molecule has 0 radical (unpaired) electrons. The van der Waals surface area contributed by atoms with Crippen molar-refractivity contribution >= 4 is 22.6 Å². The minimum atomic E-state index is -0.0953. The van der Waals surface area contributed by atoms with Crippen molar-refractivity contribution in [3.8, 4) is 0 Å². The molecule has 2 amide bonds. The first kappa shape index (κ1) is 18.9. The van der Waals surface area contributed by atoms with Crippen LogP contribution >= 0.6 is 0 Å². The maximum atomic E-state index is 12.4. The first-order valence-electron chi connectivity index (χ1n) is 8.75. The standard InChI is InChI=1S/C20H27N3O2/c1-4-12-23(13-19(24)21-3)14-20(25)22-15(2)17-11-7-9-16-8-5-6-10-18(16)17/h5-11,15H,4,12-14H2,1-3H3,(H,21,24)(H,22,25). The van der Waals surface area contributed by atoms with Crippen molar-refractivity contribution < 1.29 is 9.59 Å². The number of benzene rings is 2. The minimum absolute atomic E-state index is 0.0715. The summed E-state index contributed by atoms with van der Waals surface area (Å²) in [6.45, 7) is 5.19. The van der Waals surface area contributed by atoms with Gasteiger partial charge in [-0.05, 0) is 36.2 Å². The summed E-state index contributed by atoms with van der Waals surface area (Å²) in [5, 5.41) is 7.97. The SMILES string of the molecule is CCCN(CC(=O)NC)CC(=O)NC(C)c1cccc2ccccc12. The van der Waals surface area contributed by atoms with E-state index in [2.05, 4.69) is 28.8 Å². The maximum absolute atomic E-state index is 12.4. The number of likely N-dealkylation sites (N-methyl/N-ethyl adjacent to an activating group) is 1. The van der Waals surface area contributed by atoms with Crippen LogP contribution in [0.15, 0.2) is 42.5 Å². The van der Waals surface area contributed by atoms with Crippen LogP contribution in [-0.4, -0.2) is 43.4 Å². The van der Waals surface area contributed by atoms with Gasteiger partial charge in [0, 0.05) is 7.05 Å². The Hall–Kier alpha value is -2.40. The summed E-state index contributed by atoms with van der Waals surface area (Å²) in [6, 6.07) is 14.2. The highest BCUT2D eigenvalue weighted by Gasteiger charge is 2.16. The predicted octanol–water partition coefficient (Wildman–Crippen LogP) is 2.48. The van der Waals surface area contributed by atoms with E-state index in [0.717, 1.165) is 22.8 Å². The molecule has 0 saturated heterocycles. The predicted molar refractivity (Wildman–Crippen MR) is 101 cm³/mol. The van der Waals surface area contributed by atoms with Gasteiger partial charge in [0.2, 0.25) is 11.8 Å². The van der Waals surface area contributed by atoms with Crippen molar-refractivity contribution in [2.45, 2.75) is 26.3 Å². The van der Waals surface area contributed by atoms with Crippen LogP contribution in [0.4, 0.5) is 0 Å². The third-order valence-corrected chi connectivity index (χ3v) is 4.22. The molecule has 134 valence electrons. The molecule has 2 aromatic carbocycles. The van der Waals surface area contributed by atoms with E-state index in [4.69, 9.17) is 0 Å². The highest BCUT2D eigenvalue weighted by atomic mass is 16.2. The van der Waals surface area contributed by atoms with Gasteiger partial charge in [0.1, 0.15) is 0 Å². The van der Waals surface area contributed by atoms with E-state index < -0.39 is 0 Å².